The van der Waals surface area contributed by atoms with Crippen LogP contribution in [0.1, 0.15) is 16.8 Å². The highest BCUT2D eigenvalue weighted by atomic mass is 32.2. The van der Waals surface area contributed by atoms with E-state index in [0.29, 0.717) is 12.2 Å². The van der Waals surface area contributed by atoms with Gasteiger partial charge in [-0.3, -0.25) is 14.9 Å². The fourth-order valence-electron chi connectivity index (χ4n) is 1.90. The van der Waals surface area contributed by atoms with Crippen molar-refractivity contribution in [2.75, 3.05) is 18.1 Å². The van der Waals surface area contributed by atoms with E-state index >= 15 is 0 Å². The van der Waals surface area contributed by atoms with E-state index in [1.165, 1.54) is 18.2 Å². The lowest BCUT2D eigenvalue weighted by Crippen LogP contribution is -2.43. The lowest BCUT2D eigenvalue weighted by Gasteiger charge is -2.21. The van der Waals surface area contributed by atoms with Crippen molar-refractivity contribution in [1.29, 1.82) is 0 Å². The Kier molecular flexibility index (Phi) is 4.06. The van der Waals surface area contributed by atoms with E-state index in [0.717, 1.165) is 5.75 Å². The third kappa shape index (κ3) is 3.24. The first-order valence-electron chi connectivity index (χ1n) is 5.84. The highest BCUT2D eigenvalue weighted by molar-refractivity contribution is 7.99. The van der Waals surface area contributed by atoms with Crippen LogP contribution in [-0.2, 0) is 0 Å². The van der Waals surface area contributed by atoms with Gasteiger partial charge in [0.05, 0.1) is 10.5 Å². The molecule has 0 bridgehead atoms. The second-order valence-corrected chi connectivity index (χ2v) is 5.59. The highest BCUT2D eigenvalue weighted by Crippen LogP contribution is 2.27. The van der Waals surface area contributed by atoms with Gasteiger partial charge in [-0.1, -0.05) is 12.1 Å². The summed E-state index contributed by atoms with van der Waals surface area (Å²) in [6.45, 7) is 0.116. The predicted octanol–water partition coefficient (Wildman–Crippen LogP) is 1.19. The SMILES string of the molecule is O=C(NC[C@]1(O)CCSC1)c1ccccc1[N+](=O)[O-]. The Bertz CT molecular complexity index is 500. The molecular weight excluding hydrogens is 268 g/mol. The number of benzene rings is 1. The fraction of sp³-hybridized carbons (Fsp3) is 0.417. The molecule has 1 fully saturated rings. The maximum absolute atomic E-state index is 11.9. The number of nitro benzene ring substituents is 1. The molecule has 1 heterocycles. The molecule has 2 N–H and O–H groups in total. The van der Waals surface area contributed by atoms with Crippen molar-refractivity contribution in [3.8, 4) is 0 Å². The van der Waals surface area contributed by atoms with Crippen LogP contribution in [-0.4, -0.2) is 39.6 Å². The van der Waals surface area contributed by atoms with E-state index in [1.807, 2.05) is 0 Å². The summed E-state index contributed by atoms with van der Waals surface area (Å²) in [7, 11) is 0. The summed E-state index contributed by atoms with van der Waals surface area (Å²) in [5, 5.41) is 23.5. The summed E-state index contributed by atoms with van der Waals surface area (Å²) < 4.78 is 0. The van der Waals surface area contributed by atoms with Crippen LogP contribution >= 0.6 is 11.8 Å². The molecule has 102 valence electrons. The van der Waals surface area contributed by atoms with Gasteiger partial charge in [-0.2, -0.15) is 11.8 Å². The number of hydrogen-bond donors (Lipinski definition) is 2. The average molecular weight is 282 g/mol. The number of hydrogen-bond acceptors (Lipinski definition) is 5. The fourth-order valence-corrected chi connectivity index (χ4v) is 3.20. The van der Waals surface area contributed by atoms with E-state index in [9.17, 15) is 20.0 Å². The number of para-hydroxylation sites is 1. The molecule has 1 saturated heterocycles. The van der Waals surface area contributed by atoms with Gasteiger partial charge in [0.25, 0.3) is 11.6 Å². The second kappa shape index (κ2) is 5.58. The molecule has 1 aromatic carbocycles. The molecule has 19 heavy (non-hydrogen) atoms. The van der Waals surface area contributed by atoms with E-state index < -0.39 is 16.4 Å². The monoisotopic (exact) mass is 282 g/mol. The third-order valence-corrected chi connectivity index (χ3v) is 4.24. The molecule has 7 heteroatoms. The van der Waals surface area contributed by atoms with Gasteiger partial charge in [0.2, 0.25) is 0 Å². The van der Waals surface area contributed by atoms with Crippen molar-refractivity contribution in [1.82, 2.24) is 5.32 Å². The van der Waals surface area contributed by atoms with Crippen molar-refractivity contribution in [2.24, 2.45) is 0 Å². The molecule has 0 spiro atoms. The van der Waals surface area contributed by atoms with Crippen molar-refractivity contribution in [3.63, 3.8) is 0 Å². The van der Waals surface area contributed by atoms with Crippen LogP contribution in [0.15, 0.2) is 24.3 Å². The normalized spacial score (nSPS) is 22.2. The molecule has 1 aliphatic rings. The zero-order valence-corrected chi connectivity index (χ0v) is 11.0. The minimum absolute atomic E-state index is 0.0155. The summed E-state index contributed by atoms with van der Waals surface area (Å²) in [5.74, 6) is 0.903. The Morgan fingerprint density at radius 1 is 1.53 bits per heavy atom. The Balaban J connectivity index is 2.06. The summed E-state index contributed by atoms with van der Waals surface area (Å²) in [6, 6.07) is 5.77. The van der Waals surface area contributed by atoms with Gasteiger partial charge in [-0.25, -0.2) is 0 Å². The Morgan fingerprint density at radius 2 is 2.26 bits per heavy atom. The molecule has 1 aromatic rings. The molecule has 1 atom stereocenters. The number of rotatable bonds is 4. The van der Waals surface area contributed by atoms with Crippen LogP contribution in [0.3, 0.4) is 0 Å². The molecule has 2 rings (SSSR count). The molecule has 0 aromatic heterocycles. The van der Waals surface area contributed by atoms with E-state index in [-0.39, 0.29) is 17.8 Å². The first-order valence-corrected chi connectivity index (χ1v) is 6.99. The number of amides is 1. The summed E-state index contributed by atoms with van der Waals surface area (Å²) in [5.41, 5.74) is -1.11. The van der Waals surface area contributed by atoms with Gasteiger partial charge in [0.1, 0.15) is 5.56 Å². The third-order valence-electron chi connectivity index (χ3n) is 3.01. The second-order valence-electron chi connectivity index (χ2n) is 4.48. The van der Waals surface area contributed by atoms with Crippen LogP contribution < -0.4 is 5.32 Å². The molecule has 0 radical (unpaired) electrons. The molecule has 6 nitrogen and oxygen atoms in total. The van der Waals surface area contributed by atoms with Crippen LogP contribution in [0.5, 0.6) is 0 Å². The van der Waals surface area contributed by atoms with Crippen LogP contribution in [0.2, 0.25) is 0 Å². The Hall–Kier alpha value is -1.60. The van der Waals surface area contributed by atoms with Gasteiger partial charge < -0.3 is 10.4 Å². The molecule has 0 unspecified atom stereocenters. The number of aliphatic hydroxyl groups is 1. The molecule has 0 aliphatic carbocycles. The smallest absolute Gasteiger partial charge is 0.282 e. The number of nitrogens with zero attached hydrogens (tertiary/aromatic N) is 1. The van der Waals surface area contributed by atoms with Gasteiger partial charge in [0, 0.05) is 18.4 Å². The topological polar surface area (TPSA) is 92.5 Å². The van der Waals surface area contributed by atoms with Crippen LogP contribution in [0.25, 0.3) is 0 Å². The lowest BCUT2D eigenvalue weighted by atomic mass is 10.0. The maximum atomic E-state index is 11.9. The minimum Gasteiger partial charge on any atom is -0.387 e. The van der Waals surface area contributed by atoms with Crippen LogP contribution in [0, 0.1) is 10.1 Å². The molecule has 1 amide bonds. The number of nitro groups is 1. The zero-order chi connectivity index (χ0) is 13.9. The standard InChI is InChI=1S/C12H14N2O4S/c15-11(13-7-12(16)5-6-19-8-12)9-3-1-2-4-10(9)14(17)18/h1-4,16H,5-8H2,(H,13,15)/t12-/m1/s1. The molecule has 0 saturated carbocycles. The van der Waals surface area contributed by atoms with Crippen molar-refractivity contribution >= 4 is 23.4 Å². The van der Waals surface area contributed by atoms with Crippen LogP contribution in [0.4, 0.5) is 5.69 Å². The van der Waals surface area contributed by atoms with Gasteiger partial charge in [-0.15, -0.1) is 0 Å². The first-order chi connectivity index (χ1) is 9.02. The number of nitrogens with one attached hydrogen (secondary N) is 1. The first kappa shape index (κ1) is 13.8. The summed E-state index contributed by atoms with van der Waals surface area (Å²) in [4.78, 5) is 22.2. The number of thioether (sulfide) groups is 1. The van der Waals surface area contributed by atoms with Crippen molar-refractivity contribution in [3.05, 3.63) is 39.9 Å². The van der Waals surface area contributed by atoms with Gasteiger partial charge in [0.15, 0.2) is 0 Å². The Morgan fingerprint density at radius 3 is 2.89 bits per heavy atom. The zero-order valence-electron chi connectivity index (χ0n) is 10.2. The van der Waals surface area contributed by atoms with Gasteiger partial charge >= 0.3 is 0 Å². The largest absolute Gasteiger partial charge is 0.387 e. The maximum Gasteiger partial charge on any atom is 0.282 e. The Labute approximate surface area is 114 Å². The molecular formula is C12H14N2O4S. The number of carbonyl (C=O) groups is 1. The molecule has 1 aliphatic heterocycles. The minimum atomic E-state index is -0.899. The summed E-state index contributed by atoms with van der Waals surface area (Å²) >= 11 is 1.63. The van der Waals surface area contributed by atoms with E-state index in [2.05, 4.69) is 5.32 Å². The van der Waals surface area contributed by atoms with Crippen molar-refractivity contribution in [2.45, 2.75) is 12.0 Å². The van der Waals surface area contributed by atoms with Crippen molar-refractivity contribution < 1.29 is 14.8 Å². The van der Waals surface area contributed by atoms with E-state index in [4.69, 9.17) is 0 Å². The summed E-state index contributed by atoms with van der Waals surface area (Å²) in [6.07, 6.45) is 0.620. The quantitative estimate of drug-likeness (QED) is 0.639. The van der Waals surface area contributed by atoms with E-state index in [1.54, 1.807) is 17.8 Å². The van der Waals surface area contributed by atoms with Gasteiger partial charge in [-0.05, 0) is 18.2 Å². The highest BCUT2D eigenvalue weighted by Gasteiger charge is 2.32. The lowest BCUT2D eigenvalue weighted by molar-refractivity contribution is -0.385. The predicted molar refractivity (Wildman–Crippen MR) is 72.3 cm³/mol. The average Bonchev–Trinajstić information content (AvgIpc) is 2.83. The number of carbonyl (C=O) groups excluding carboxylic acids is 1.